The van der Waals surface area contributed by atoms with Crippen molar-refractivity contribution in [3.8, 4) is 0 Å². The summed E-state index contributed by atoms with van der Waals surface area (Å²) < 4.78 is 5.66. The van der Waals surface area contributed by atoms with Crippen LogP contribution in [0.25, 0.3) is 0 Å². The van der Waals surface area contributed by atoms with Gasteiger partial charge in [-0.2, -0.15) is 5.10 Å². The van der Waals surface area contributed by atoms with Crippen LogP contribution < -0.4 is 10.7 Å². The van der Waals surface area contributed by atoms with Crippen molar-refractivity contribution in [2.45, 2.75) is 23.8 Å². The number of hydrogen-bond donors (Lipinski definition) is 2. The third-order valence-electron chi connectivity index (χ3n) is 3.76. The highest BCUT2D eigenvalue weighted by Crippen LogP contribution is 2.29. The number of halogens is 1. The lowest BCUT2D eigenvalue weighted by Gasteiger charge is -2.06. The van der Waals surface area contributed by atoms with Gasteiger partial charge in [0.1, 0.15) is 5.76 Å². The van der Waals surface area contributed by atoms with E-state index in [0.29, 0.717) is 16.5 Å². The molecule has 1 aromatic heterocycles. The fourth-order valence-electron chi connectivity index (χ4n) is 2.21. The number of amides is 2. The Balaban J connectivity index is 1.52. The van der Waals surface area contributed by atoms with E-state index in [0.717, 1.165) is 15.6 Å². The lowest BCUT2D eigenvalue weighted by atomic mass is 10.1. The second kappa shape index (κ2) is 8.79. The Kier molecular flexibility index (Phi) is 6.21. The fourth-order valence-corrected chi connectivity index (χ4v) is 3.11. The van der Waals surface area contributed by atoms with Crippen LogP contribution in [0.5, 0.6) is 0 Å². The Morgan fingerprint density at radius 3 is 2.59 bits per heavy atom. The predicted molar refractivity (Wildman–Crippen MR) is 110 cm³/mol. The summed E-state index contributed by atoms with van der Waals surface area (Å²) in [6.07, 6.45) is 1.45. The molecule has 0 fully saturated rings. The average Bonchev–Trinajstić information content (AvgIpc) is 3.07. The van der Waals surface area contributed by atoms with Crippen LogP contribution in [0.1, 0.15) is 16.9 Å². The highest BCUT2D eigenvalue weighted by atomic mass is 35.5. The molecule has 1 heterocycles. The van der Waals surface area contributed by atoms with Crippen LogP contribution in [-0.4, -0.2) is 12.2 Å². The van der Waals surface area contributed by atoms with E-state index in [1.165, 1.54) is 23.5 Å². The number of anilines is 1. The molecule has 0 unspecified atom stereocenters. The van der Waals surface area contributed by atoms with Gasteiger partial charge in [0.2, 0.25) is 0 Å². The number of nitrogens with one attached hydrogen (secondary N) is 2. The van der Waals surface area contributed by atoms with Crippen LogP contribution in [0.4, 0.5) is 10.5 Å². The number of rotatable bonds is 5. The van der Waals surface area contributed by atoms with Crippen LogP contribution in [0.15, 0.2) is 74.1 Å². The molecular weight excluding hydrogens is 382 g/mol. The van der Waals surface area contributed by atoms with Crippen molar-refractivity contribution in [3.05, 3.63) is 76.5 Å². The number of hydrogen-bond acceptors (Lipinski definition) is 4. The molecule has 0 saturated carbocycles. The summed E-state index contributed by atoms with van der Waals surface area (Å²) in [5, 5.41) is 8.04. The van der Waals surface area contributed by atoms with Gasteiger partial charge in [-0.3, -0.25) is 0 Å². The third kappa shape index (κ3) is 5.64. The molecule has 0 bridgehead atoms. The third-order valence-corrected chi connectivity index (χ3v) is 4.94. The zero-order chi connectivity index (χ0) is 19.2. The quantitative estimate of drug-likeness (QED) is 0.417. The second-order valence-electron chi connectivity index (χ2n) is 5.84. The van der Waals surface area contributed by atoms with Gasteiger partial charge in [-0.1, -0.05) is 29.4 Å². The maximum Gasteiger partial charge on any atom is 0.339 e. The van der Waals surface area contributed by atoms with Gasteiger partial charge in [0.15, 0.2) is 5.09 Å². The van der Waals surface area contributed by atoms with Crippen LogP contribution in [0.2, 0.25) is 5.02 Å². The SMILES string of the molecule is Cc1ccc(NC(=O)N/N=C/c2ccc(Sc3ccc(Cl)cc3)o2)cc1C. The highest BCUT2D eigenvalue weighted by molar-refractivity contribution is 7.99. The molecule has 2 N–H and O–H groups in total. The van der Waals surface area contributed by atoms with Gasteiger partial charge < -0.3 is 9.73 Å². The largest absolute Gasteiger partial charge is 0.448 e. The Bertz CT molecular complexity index is 968. The van der Waals surface area contributed by atoms with Crippen molar-refractivity contribution in [3.63, 3.8) is 0 Å². The van der Waals surface area contributed by atoms with Crippen LogP contribution in [0.3, 0.4) is 0 Å². The topological polar surface area (TPSA) is 66.6 Å². The van der Waals surface area contributed by atoms with E-state index in [4.69, 9.17) is 16.0 Å². The van der Waals surface area contributed by atoms with E-state index in [-0.39, 0.29) is 0 Å². The Labute approximate surface area is 166 Å². The van der Waals surface area contributed by atoms with E-state index in [9.17, 15) is 4.79 Å². The van der Waals surface area contributed by atoms with E-state index in [1.807, 2.05) is 62.4 Å². The lowest BCUT2D eigenvalue weighted by molar-refractivity contribution is 0.252. The Morgan fingerprint density at radius 1 is 1.07 bits per heavy atom. The predicted octanol–water partition coefficient (Wildman–Crippen LogP) is 5.86. The first-order chi connectivity index (χ1) is 13.0. The first-order valence-electron chi connectivity index (χ1n) is 8.20. The van der Waals surface area contributed by atoms with Gasteiger partial charge in [-0.15, -0.1) is 0 Å². The summed E-state index contributed by atoms with van der Waals surface area (Å²) in [4.78, 5) is 12.9. The van der Waals surface area contributed by atoms with Crippen molar-refractivity contribution < 1.29 is 9.21 Å². The van der Waals surface area contributed by atoms with Gasteiger partial charge in [-0.05, 0) is 73.5 Å². The van der Waals surface area contributed by atoms with Gasteiger partial charge in [0.25, 0.3) is 0 Å². The first kappa shape index (κ1) is 19.1. The van der Waals surface area contributed by atoms with E-state index in [2.05, 4.69) is 15.8 Å². The number of furan rings is 1. The molecule has 2 aromatic carbocycles. The number of aryl methyl sites for hydroxylation is 2. The maximum absolute atomic E-state index is 11.9. The van der Waals surface area contributed by atoms with E-state index >= 15 is 0 Å². The van der Waals surface area contributed by atoms with Crippen molar-refractivity contribution in [1.82, 2.24) is 5.43 Å². The van der Waals surface area contributed by atoms with Crippen molar-refractivity contribution in [1.29, 1.82) is 0 Å². The summed E-state index contributed by atoms with van der Waals surface area (Å²) in [5.74, 6) is 0.540. The molecule has 7 heteroatoms. The standard InChI is InChI=1S/C20H18ClN3O2S/c1-13-3-6-16(11-14(13)2)23-20(25)24-22-12-17-7-10-19(26-17)27-18-8-4-15(21)5-9-18/h3-12H,1-2H3,(H2,23,24,25)/b22-12+. The van der Waals surface area contributed by atoms with Crippen LogP contribution in [0, 0.1) is 13.8 Å². The zero-order valence-corrected chi connectivity index (χ0v) is 16.4. The van der Waals surface area contributed by atoms with Crippen molar-refractivity contribution in [2.24, 2.45) is 5.10 Å². The molecule has 5 nitrogen and oxygen atoms in total. The molecule has 0 atom stereocenters. The second-order valence-corrected chi connectivity index (χ2v) is 7.35. The molecule has 2 amide bonds. The average molecular weight is 400 g/mol. The minimum Gasteiger partial charge on any atom is -0.448 e. The van der Waals surface area contributed by atoms with E-state index in [1.54, 1.807) is 6.07 Å². The highest BCUT2D eigenvalue weighted by Gasteiger charge is 2.04. The molecule has 0 aliphatic rings. The molecule has 0 radical (unpaired) electrons. The van der Waals surface area contributed by atoms with Gasteiger partial charge in [-0.25, -0.2) is 10.2 Å². The Morgan fingerprint density at radius 2 is 1.85 bits per heavy atom. The van der Waals surface area contributed by atoms with E-state index < -0.39 is 6.03 Å². The smallest absolute Gasteiger partial charge is 0.339 e. The minimum atomic E-state index is -0.420. The maximum atomic E-state index is 11.9. The number of urea groups is 1. The zero-order valence-electron chi connectivity index (χ0n) is 14.8. The fraction of sp³-hybridized carbons (Fsp3) is 0.100. The van der Waals surface area contributed by atoms with Crippen molar-refractivity contribution in [2.75, 3.05) is 5.32 Å². The lowest BCUT2D eigenvalue weighted by Crippen LogP contribution is -2.24. The monoisotopic (exact) mass is 399 g/mol. The van der Waals surface area contributed by atoms with Crippen LogP contribution in [-0.2, 0) is 0 Å². The number of carbonyl (C=O) groups excluding carboxylic acids is 1. The summed E-state index contributed by atoms with van der Waals surface area (Å²) >= 11 is 7.35. The van der Waals surface area contributed by atoms with Crippen LogP contribution >= 0.6 is 23.4 Å². The normalized spacial score (nSPS) is 10.9. The van der Waals surface area contributed by atoms with Crippen molar-refractivity contribution >= 4 is 41.3 Å². The molecule has 27 heavy (non-hydrogen) atoms. The number of benzene rings is 2. The summed E-state index contributed by atoms with van der Waals surface area (Å²) in [7, 11) is 0. The number of carbonyl (C=O) groups is 1. The number of hydrazone groups is 1. The molecule has 0 aliphatic carbocycles. The Hall–Kier alpha value is -2.70. The van der Waals surface area contributed by atoms with Gasteiger partial charge in [0, 0.05) is 15.6 Å². The van der Waals surface area contributed by atoms with Gasteiger partial charge >= 0.3 is 6.03 Å². The molecule has 138 valence electrons. The number of nitrogens with zero attached hydrogens (tertiary/aromatic N) is 1. The summed E-state index contributed by atoms with van der Waals surface area (Å²) in [6.45, 7) is 4.01. The molecule has 0 spiro atoms. The minimum absolute atomic E-state index is 0.420. The summed E-state index contributed by atoms with van der Waals surface area (Å²) in [5.41, 5.74) is 5.41. The molecule has 3 rings (SSSR count). The first-order valence-corrected chi connectivity index (χ1v) is 9.39. The molecule has 0 aliphatic heterocycles. The molecular formula is C20H18ClN3O2S. The molecule has 0 saturated heterocycles. The molecule has 3 aromatic rings. The van der Waals surface area contributed by atoms with Gasteiger partial charge in [0.05, 0.1) is 6.21 Å². The summed E-state index contributed by atoms with van der Waals surface area (Å²) in [6, 6.07) is 16.4.